The van der Waals surface area contributed by atoms with Crippen LogP contribution >= 0.6 is 0 Å². The van der Waals surface area contributed by atoms with Crippen LogP contribution in [0.3, 0.4) is 0 Å². The molecule has 2 aliphatic rings. The van der Waals surface area contributed by atoms with Gasteiger partial charge in [0, 0.05) is 19.0 Å². The van der Waals surface area contributed by atoms with Crippen molar-refractivity contribution in [3.05, 3.63) is 0 Å². The summed E-state index contributed by atoms with van der Waals surface area (Å²) in [6.45, 7) is 2.29. The zero-order valence-electron chi connectivity index (χ0n) is 12.2. The fourth-order valence-electron chi connectivity index (χ4n) is 3.47. The van der Waals surface area contributed by atoms with Gasteiger partial charge in [0.25, 0.3) is 0 Å². The SMILES string of the molecule is CC(CNC(=O)C1CCC2CCCCC2N1)CC(=O)O. The topological polar surface area (TPSA) is 78.4 Å². The Morgan fingerprint density at radius 3 is 2.75 bits per heavy atom. The van der Waals surface area contributed by atoms with Crippen molar-refractivity contribution in [1.29, 1.82) is 0 Å². The largest absolute Gasteiger partial charge is 0.481 e. The van der Waals surface area contributed by atoms with E-state index in [2.05, 4.69) is 10.6 Å². The zero-order valence-corrected chi connectivity index (χ0v) is 12.2. The number of nitrogens with one attached hydrogen (secondary N) is 2. The number of rotatable bonds is 5. The summed E-state index contributed by atoms with van der Waals surface area (Å²) in [5, 5.41) is 15.1. The van der Waals surface area contributed by atoms with Crippen molar-refractivity contribution in [2.24, 2.45) is 11.8 Å². The number of amides is 1. The van der Waals surface area contributed by atoms with Crippen molar-refractivity contribution in [2.75, 3.05) is 6.54 Å². The second-order valence-corrected chi connectivity index (χ2v) is 6.40. The predicted octanol–water partition coefficient (Wildman–Crippen LogP) is 1.52. The molecule has 0 aromatic carbocycles. The molecule has 1 amide bonds. The summed E-state index contributed by atoms with van der Waals surface area (Å²) in [5.74, 6) is -0.0555. The van der Waals surface area contributed by atoms with Gasteiger partial charge in [0.2, 0.25) is 5.91 Å². The summed E-state index contributed by atoms with van der Waals surface area (Å²) in [6, 6.07) is 0.413. The van der Waals surface area contributed by atoms with E-state index < -0.39 is 5.97 Å². The molecule has 2 fully saturated rings. The maximum Gasteiger partial charge on any atom is 0.303 e. The maximum atomic E-state index is 12.1. The molecule has 1 heterocycles. The third-order valence-electron chi connectivity index (χ3n) is 4.61. The number of hydrogen-bond donors (Lipinski definition) is 3. The first-order valence-electron chi connectivity index (χ1n) is 7.82. The van der Waals surface area contributed by atoms with Gasteiger partial charge in [0.05, 0.1) is 6.04 Å². The molecule has 0 aromatic rings. The van der Waals surface area contributed by atoms with Crippen LogP contribution in [-0.2, 0) is 9.59 Å². The van der Waals surface area contributed by atoms with Crippen LogP contribution in [0.1, 0.15) is 51.9 Å². The van der Waals surface area contributed by atoms with E-state index in [1.807, 2.05) is 6.92 Å². The number of piperidine rings is 1. The van der Waals surface area contributed by atoms with Crippen LogP contribution in [0, 0.1) is 11.8 Å². The Morgan fingerprint density at radius 2 is 2.00 bits per heavy atom. The predicted molar refractivity (Wildman–Crippen MR) is 76.3 cm³/mol. The van der Waals surface area contributed by atoms with Gasteiger partial charge < -0.3 is 15.7 Å². The monoisotopic (exact) mass is 282 g/mol. The summed E-state index contributed by atoms with van der Waals surface area (Å²) in [4.78, 5) is 22.7. The molecule has 5 heteroatoms. The Bertz CT molecular complexity index is 359. The van der Waals surface area contributed by atoms with Gasteiger partial charge in [-0.25, -0.2) is 0 Å². The Labute approximate surface area is 120 Å². The highest BCUT2D eigenvalue weighted by Gasteiger charge is 2.34. The molecule has 1 saturated carbocycles. The van der Waals surface area contributed by atoms with Crippen molar-refractivity contribution in [3.63, 3.8) is 0 Å². The molecule has 114 valence electrons. The number of aliphatic carboxylic acids is 1. The molecule has 1 aliphatic heterocycles. The first kappa shape index (κ1) is 15.3. The zero-order chi connectivity index (χ0) is 14.5. The van der Waals surface area contributed by atoms with E-state index in [0.717, 1.165) is 18.8 Å². The van der Waals surface area contributed by atoms with E-state index in [-0.39, 0.29) is 24.3 Å². The number of hydrogen-bond acceptors (Lipinski definition) is 3. The van der Waals surface area contributed by atoms with Crippen LogP contribution in [-0.4, -0.2) is 35.6 Å². The molecule has 2 rings (SSSR count). The molecule has 20 heavy (non-hydrogen) atoms. The van der Waals surface area contributed by atoms with E-state index in [1.165, 1.54) is 25.7 Å². The van der Waals surface area contributed by atoms with Crippen molar-refractivity contribution in [2.45, 2.75) is 64.0 Å². The average molecular weight is 282 g/mol. The Kier molecular flexibility index (Phi) is 5.40. The average Bonchev–Trinajstić information content (AvgIpc) is 2.43. The Morgan fingerprint density at radius 1 is 1.25 bits per heavy atom. The minimum absolute atomic E-state index is 0.0255. The van der Waals surface area contributed by atoms with E-state index in [4.69, 9.17) is 5.11 Å². The molecule has 4 atom stereocenters. The van der Waals surface area contributed by atoms with Gasteiger partial charge in [-0.2, -0.15) is 0 Å². The van der Waals surface area contributed by atoms with Crippen LogP contribution in [0.15, 0.2) is 0 Å². The normalized spacial score (nSPS) is 31.1. The third kappa shape index (κ3) is 4.20. The summed E-state index contributed by atoms with van der Waals surface area (Å²) in [6.07, 6.45) is 7.21. The lowest BCUT2D eigenvalue weighted by Crippen LogP contribution is -2.55. The number of carboxylic acid groups (broad SMARTS) is 1. The number of fused-ring (bicyclic) bond motifs is 1. The van der Waals surface area contributed by atoms with E-state index >= 15 is 0 Å². The molecule has 0 bridgehead atoms. The minimum atomic E-state index is -0.812. The van der Waals surface area contributed by atoms with Crippen LogP contribution in [0.5, 0.6) is 0 Å². The van der Waals surface area contributed by atoms with Crippen LogP contribution in [0.4, 0.5) is 0 Å². The van der Waals surface area contributed by atoms with Gasteiger partial charge in [-0.3, -0.25) is 9.59 Å². The highest BCUT2D eigenvalue weighted by Crippen LogP contribution is 2.32. The molecule has 5 nitrogen and oxygen atoms in total. The quantitative estimate of drug-likeness (QED) is 0.714. The molecule has 0 aromatic heterocycles. The summed E-state index contributed by atoms with van der Waals surface area (Å²) >= 11 is 0. The lowest BCUT2D eigenvalue weighted by Gasteiger charge is -2.40. The summed E-state index contributed by atoms with van der Waals surface area (Å²) < 4.78 is 0. The number of carbonyl (C=O) groups excluding carboxylic acids is 1. The second-order valence-electron chi connectivity index (χ2n) is 6.40. The minimum Gasteiger partial charge on any atom is -0.481 e. The van der Waals surface area contributed by atoms with Gasteiger partial charge in [-0.1, -0.05) is 19.8 Å². The Balaban J connectivity index is 1.74. The molecule has 3 N–H and O–H groups in total. The maximum absolute atomic E-state index is 12.1. The van der Waals surface area contributed by atoms with Crippen molar-refractivity contribution < 1.29 is 14.7 Å². The van der Waals surface area contributed by atoms with Gasteiger partial charge >= 0.3 is 5.97 Å². The number of carbonyl (C=O) groups is 2. The fourth-order valence-corrected chi connectivity index (χ4v) is 3.47. The van der Waals surface area contributed by atoms with Crippen molar-refractivity contribution in [3.8, 4) is 0 Å². The highest BCUT2D eigenvalue weighted by molar-refractivity contribution is 5.82. The highest BCUT2D eigenvalue weighted by atomic mass is 16.4. The van der Waals surface area contributed by atoms with Gasteiger partial charge in [-0.15, -0.1) is 0 Å². The van der Waals surface area contributed by atoms with Crippen LogP contribution in [0.25, 0.3) is 0 Å². The molecule has 1 aliphatic carbocycles. The summed E-state index contributed by atoms with van der Waals surface area (Å²) in [7, 11) is 0. The van der Waals surface area contributed by atoms with Crippen molar-refractivity contribution in [1.82, 2.24) is 10.6 Å². The molecular formula is C15H26N2O3. The van der Waals surface area contributed by atoms with E-state index in [0.29, 0.717) is 12.6 Å². The van der Waals surface area contributed by atoms with E-state index in [9.17, 15) is 9.59 Å². The first-order valence-corrected chi connectivity index (χ1v) is 7.82. The van der Waals surface area contributed by atoms with Gasteiger partial charge in [-0.05, 0) is 37.5 Å². The number of carboxylic acids is 1. The lowest BCUT2D eigenvalue weighted by molar-refractivity contribution is -0.138. The van der Waals surface area contributed by atoms with Crippen LogP contribution < -0.4 is 10.6 Å². The standard InChI is InChI=1S/C15H26N2O3/c1-10(8-14(18)19)9-16-15(20)13-7-6-11-4-2-3-5-12(11)17-13/h10-13,17H,2-9H2,1H3,(H,16,20)(H,18,19). The van der Waals surface area contributed by atoms with Crippen molar-refractivity contribution >= 4 is 11.9 Å². The third-order valence-corrected chi connectivity index (χ3v) is 4.61. The lowest BCUT2D eigenvalue weighted by atomic mass is 9.77. The Hall–Kier alpha value is -1.10. The molecule has 4 unspecified atom stereocenters. The van der Waals surface area contributed by atoms with Crippen LogP contribution in [0.2, 0.25) is 0 Å². The molecule has 0 spiro atoms. The van der Waals surface area contributed by atoms with Gasteiger partial charge in [0.1, 0.15) is 0 Å². The summed E-state index contributed by atoms with van der Waals surface area (Å²) in [5.41, 5.74) is 0. The first-order chi connectivity index (χ1) is 9.56. The second kappa shape index (κ2) is 7.07. The molecular weight excluding hydrogens is 256 g/mol. The fraction of sp³-hybridized carbons (Fsp3) is 0.867. The van der Waals surface area contributed by atoms with Gasteiger partial charge in [0.15, 0.2) is 0 Å². The molecule has 0 radical (unpaired) electrons. The van der Waals surface area contributed by atoms with E-state index in [1.54, 1.807) is 0 Å². The smallest absolute Gasteiger partial charge is 0.303 e. The molecule has 1 saturated heterocycles.